The molecule has 0 bridgehead atoms. The molecule has 2 aromatic rings. The van der Waals surface area contributed by atoms with Crippen molar-refractivity contribution in [3.8, 4) is 11.4 Å². The second-order valence-electron chi connectivity index (χ2n) is 4.37. The summed E-state index contributed by atoms with van der Waals surface area (Å²) in [6.07, 6.45) is 1.29. The van der Waals surface area contributed by atoms with Gasteiger partial charge in [0.15, 0.2) is 0 Å². The number of rotatable bonds is 2. The predicted octanol–water partition coefficient (Wildman–Crippen LogP) is 1.20. The average Bonchev–Trinajstić information content (AvgIpc) is 3.02. The summed E-state index contributed by atoms with van der Waals surface area (Å²) in [5.41, 5.74) is 1.53. The van der Waals surface area contributed by atoms with Gasteiger partial charge in [-0.1, -0.05) is 17.3 Å². The monoisotopic (exact) mass is 294 g/mol. The van der Waals surface area contributed by atoms with Crippen LogP contribution >= 0.6 is 12.4 Å². The van der Waals surface area contributed by atoms with Crippen LogP contribution in [0.1, 0.15) is 10.4 Å². The Balaban J connectivity index is 0.00000147. The number of carbonyl (C=O) groups is 1. The van der Waals surface area contributed by atoms with Crippen LogP contribution in [0.2, 0.25) is 0 Å². The van der Waals surface area contributed by atoms with Crippen molar-refractivity contribution in [1.29, 1.82) is 0 Å². The number of piperazine rings is 1. The fourth-order valence-corrected chi connectivity index (χ4v) is 2.11. The first-order chi connectivity index (χ1) is 9.34. The maximum absolute atomic E-state index is 12.2. The van der Waals surface area contributed by atoms with Gasteiger partial charge in [-0.05, 0) is 12.1 Å². The summed E-state index contributed by atoms with van der Waals surface area (Å²) >= 11 is 0. The quantitative estimate of drug-likeness (QED) is 0.901. The number of nitrogens with zero attached hydrogens (tertiary/aromatic N) is 3. The molecular weight excluding hydrogens is 280 g/mol. The number of amides is 1. The van der Waals surface area contributed by atoms with Gasteiger partial charge in [0, 0.05) is 37.3 Å². The van der Waals surface area contributed by atoms with Gasteiger partial charge in [-0.3, -0.25) is 4.79 Å². The van der Waals surface area contributed by atoms with Gasteiger partial charge in [-0.25, -0.2) is 0 Å². The lowest BCUT2D eigenvalue weighted by Crippen LogP contribution is -2.46. The smallest absolute Gasteiger partial charge is 0.253 e. The van der Waals surface area contributed by atoms with E-state index >= 15 is 0 Å². The summed E-state index contributed by atoms with van der Waals surface area (Å²) in [5, 5.41) is 6.99. The minimum absolute atomic E-state index is 0. The summed E-state index contributed by atoms with van der Waals surface area (Å²) in [4.78, 5) is 18.1. The summed E-state index contributed by atoms with van der Waals surface area (Å²) in [6, 6.07) is 7.27. The van der Waals surface area contributed by atoms with E-state index in [4.69, 9.17) is 4.52 Å². The first-order valence-corrected chi connectivity index (χ1v) is 6.21. The van der Waals surface area contributed by atoms with Gasteiger partial charge in [0.25, 0.3) is 5.91 Å². The Bertz CT molecular complexity index is 550. The molecule has 6 nitrogen and oxygen atoms in total. The molecule has 3 rings (SSSR count). The molecule has 1 fully saturated rings. The number of halogens is 1. The van der Waals surface area contributed by atoms with Gasteiger partial charge in [0.1, 0.15) is 0 Å². The van der Waals surface area contributed by atoms with Crippen molar-refractivity contribution in [2.75, 3.05) is 26.2 Å². The second-order valence-corrected chi connectivity index (χ2v) is 4.37. The van der Waals surface area contributed by atoms with Crippen LogP contribution in [-0.4, -0.2) is 47.1 Å². The van der Waals surface area contributed by atoms with Crippen LogP contribution in [0.3, 0.4) is 0 Å². The highest BCUT2D eigenvalue weighted by Gasteiger charge is 2.17. The van der Waals surface area contributed by atoms with Crippen molar-refractivity contribution >= 4 is 18.3 Å². The van der Waals surface area contributed by atoms with E-state index in [-0.39, 0.29) is 18.3 Å². The van der Waals surface area contributed by atoms with Crippen molar-refractivity contribution in [3.05, 3.63) is 36.2 Å². The minimum atomic E-state index is 0. The van der Waals surface area contributed by atoms with Crippen molar-refractivity contribution in [1.82, 2.24) is 20.4 Å². The minimum Gasteiger partial charge on any atom is -0.342 e. The van der Waals surface area contributed by atoms with Crippen LogP contribution in [0.15, 0.2) is 35.2 Å². The molecule has 106 valence electrons. The molecule has 0 spiro atoms. The molecule has 20 heavy (non-hydrogen) atoms. The largest absolute Gasteiger partial charge is 0.342 e. The molecule has 0 aliphatic carbocycles. The van der Waals surface area contributed by atoms with Gasteiger partial charge in [-0.2, -0.15) is 4.98 Å². The Morgan fingerprint density at radius 1 is 1.20 bits per heavy atom. The molecule has 1 aliphatic rings. The van der Waals surface area contributed by atoms with Crippen LogP contribution < -0.4 is 5.32 Å². The fraction of sp³-hybridized carbons (Fsp3) is 0.308. The van der Waals surface area contributed by atoms with E-state index in [0.717, 1.165) is 31.7 Å². The topological polar surface area (TPSA) is 71.3 Å². The van der Waals surface area contributed by atoms with Gasteiger partial charge < -0.3 is 14.7 Å². The number of nitrogens with one attached hydrogen (secondary N) is 1. The molecule has 1 aromatic carbocycles. The maximum atomic E-state index is 12.2. The zero-order valence-corrected chi connectivity index (χ0v) is 11.6. The normalized spacial score (nSPS) is 14.7. The van der Waals surface area contributed by atoms with Gasteiger partial charge in [0.05, 0.1) is 0 Å². The highest BCUT2D eigenvalue weighted by molar-refractivity contribution is 5.94. The first-order valence-electron chi connectivity index (χ1n) is 6.21. The molecular formula is C13H15ClN4O2. The number of aromatic nitrogens is 2. The van der Waals surface area contributed by atoms with Crippen LogP contribution in [0, 0.1) is 0 Å². The highest BCUT2D eigenvalue weighted by atomic mass is 35.5. The standard InChI is InChI=1S/C13H14N4O2.ClH/c18-13(17-7-5-14-6-8-17)11-3-1-10(2-4-11)12-15-9-19-16-12;/h1-4,9,14H,5-8H2;1H. The Morgan fingerprint density at radius 3 is 2.50 bits per heavy atom. The number of benzene rings is 1. The Morgan fingerprint density at radius 2 is 1.90 bits per heavy atom. The predicted molar refractivity (Wildman–Crippen MR) is 75.8 cm³/mol. The molecule has 0 atom stereocenters. The number of hydrogen-bond acceptors (Lipinski definition) is 5. The van der Waals surface area contributed by atoms with Crippen molar-refractivity contribution < 1.29 is 9.32 Å². The van der Waals surface area contributed by atoms with Crippen LogP contribution in [0.4, 0.5) is 0 Å². The molecule has 1 N–H and O–H groups in total. The molecule has 2 heterocycles. The average molecular weight is 295 g/mol. The zero-order chi connectivity index (χ0) is 13.1. The third kappa shape index (κ3) is 2.97. The van der Waals surface area contributed by atoms with Crippen LogP contribution in [0.25, 0.3) is 11.4 Å². The van der Waals surface area contributed by atoms with E-state index in [0.29, 0.717) is 11.4 Å². The lowest BCUT2D eigenvalue weighted by Gasteiger charge is -2.27. The van der Waals surface area contributed by atoms with E-state index in [9.17, 15) is 4.79 Å². The van der Waals surface area contributed by atoms with Crippen LogP contribution in [0.5, 0.6) is 0 Å². The Hall–Kier alpha value is -1.92. The molecule has 1 amide bonds. The zero-order valence-electron chi connectivity index (χ0n) is 10.8. The van der Waals surface area contributed by atoms with E-state index in [2.05, 4.69) is 15.5 Å². The van der Waals surface area contributed by atoms with Gasteiger partial charge in [-0.15, -0.1) is 12.4 Å². The lowest BCUT2D eigenvalue weighted by atomic mass is 10.1. The second kappa shape index (κ2) is 6.49. The molecule has 1 aliphatic heterocycles. The van der Waals surface area contributed by atoms with E-state index in [1.54, 1.807) is 12.1 Å². The number of hydrogen-bond donors (Lipinski definition) is 1. The van der Waals surface area contributed by atoms with E-state index in [1.807, 2.05) is 17.0 Å². The molecule has 0 saturated carbocycles. The molecule has 0 unspecified atom stereocenters. The van der Waals surface area contributed by atoms with Crippen molar-refractivity contribution in [3.63, 3.8) is 0 Å². The Kier molecular flexibility index (Phi) is 4.70. The number of carbonyl (C=O) groups excluding carboxylic acids is 1. The first kappa shape index (κ1) is 14.5. The Labute approximate surface area is 122 Å². The van der Waals surface area contributed by atoms with E-state index < -0.39 is 0 Å². The summed E-state index contributed by atoms with van der Waals surface area (Å²) < 4.78 is 4.70. The molecule has 7 heteroatoms. The fourth-order valence-electron chi connectivity index (χ4n) is 2.11. The van der Waals surface area contributed by atoms with Crippen molar-refractivity contribution in [2.24, 2.45) is 0 Å². The third-order valence-corrected chi connectivity index (χ3v) is 3.16. The van der Waals surface area contributed by atoms with Crippen LogP contribution in [-0.2, 0) is 0 Å². The summed E-state index contributed by atoms with van der Waals surface area (Å²) in [6.45, 7) is 3.22. The molecule has 1 saturated heterocycles. The van der Waals surface area contributed by atoms with E-state index in [1.165, 1.54) is 6.39 Å². The van der Waals surface area contributed by atoms with Crippen molar-refractivity contribution in [2.45, 2.75) is 0 Å². The highest BCUT2D eigenvalue weighted by Crippen LogP contribution is 2.16. The summed E-state index contributed by atoms with van der Waals surface area (Å²) in [5.74, 6) is 0.599. The SMILES string of the molecule is Cl.O=C(c1ccc(-c2ncon2)cc1)N1CCNCC1. The van der Waals surface area contributed by atoms with Gasteiger partial charge in [0.2, 0.25) is 12.2 Å². The van der Waals surface area contributed by atoms with Gasteiger partial charge >= 0.3 is 0 Å². The third-order valence-electron chi connectivity index (χ3n) is 3.16. The lowest BCUT2D eigenvalue weighted by molar-refractivity contribution is 0.0736. The maximum Gasteiger partial charge on any atom is 0.253 e. The molecule has 1 aromatic heterocycles. The molecule has 0 radical (unpaired) electrons. The summed E-state index contributed by atoms with van der Waals surface area (Å²) in [7, 11) is 0.